The van der Waals surface area contributed by atoms with E-state index in [0.29, 0.717) is 12.4 Å². The summed E-state index contributed by atoms with van der Waals surface area (Å²) in [7, 11) is 0. The van der Waals surface area contributed by atoms with Gasteiger partial charge in [0, 0.05) is 0 Å². The van der Waals surface area contributed by atoms with Crippen molar-refractivity contribution in [2.75, 3.05) is 0 Å². The van der Waals surface area contributed by atoms with Gasteiger partial charge in [0.15, 0.2) is 5.82 Å². The zero-order valence-corrected chi connectivity index (χ0v) is 6.06. The highest BCUT2D eigenvalue weighted by Crippen LogP contribution is 1.87. The van der Waals surface area contributed by atoms with Gasteiger partial charge in [-0.3, -0.25) is 0 Å². The number of aliphatic imine (C=N–C) groups is 1. The Hall–Kier alpha value is -1.55. The fourth-order valence-electron chi connectivity index (χ4n) is 0.577. The number of hydrogen-bond acceptors (Lipinski definition) is 5. The van der Waals surface area contributed by atoms with Gasteiger partial charge in [-0.15, -0.1) is 10.2 Å². The Morgan fingerprint density at radius 2 is 2.55 bits per heavy atom. The lowest BCUT2D eigenvalue weighted by Gasteiger charge is -1.84. The van der Waals surface area contributed by atoms with Crippen molar-refractivity contribution >= 4 is 6.08 Å². The van der Waals surface area contributed by atoms with Gasteiger partial charge in [0.1, 0.15) is 6.54 Å². The van der Waals surface area contributed by atoms with Crippen LogP contribution >= 0.6 is 0 Å². The van der Waals surface area contributed by atoms with Crippen LogP contribution in [0.5, 0.6) is 0 Å². The van der Waals surface area contributed by atoms with Gasteiger partial charge in [0.2, 0.25) is 6.08 Å². The molecule has 1 rings (SSSR count). The SMILES string of the molecule is CCn1nnc(CN=C=O)n1. The molecule has 0 spiro atoms. The van der Waals surface area contributed by atoms with Crippen LogP contribution in [0.2, 0.25) is 0 Å². The summed E-state index contributed by atoms with van der Waals surface area (Å²) >= 11 is 0. The third-order valence-corrected chi connectivity index (χ3v) is 1.06. The quantitative estimate of drug-likeness (QED) is 0.434. The second kappa shape index (κ2) is 3.58. The van der Waals surface area contributed by atoms with Crippen molar-refractivity contribution in [1.82, 2.24) is 20.2 Å². The normalized spacial score (nSPS) is 9.18. The minimum absolute atomic E-state index is 0.156. The molecule has 6 nitrogen and oxygen atoms in total. The first-order valence-corrected chi connectivity index (χ1v) is 3.17. The van der Waals surface area contributed by atoms with Crippen molar-refractivity contribution in [3.63, 3.8) is 0 Å². The van der Waals surface area contributed by atoms with Gasteiger partial charge in [-0.25, -0.2) is 4.79 Å². The van der Waals surface area contributed by atoms with E-state index in [2.05, 4.69) is 20.4 Å². The third kappa shape index (κ3) is 1.94. The van der Waals surface area contributed by atoms with Gasteiger partial charge in [0.25, 0.3) is 0 Å². The molecule has 0 bridgehead atoms. The van der Waals surface area contributed by atoms with E-state index in [4.69, 9.17) is 0 Å². The molecule has 0 N–H and O–H groups in total. The third-order valence-electron chi connectivity index (χ3n) is 1.06. The molecule has 1 heterocycles. The number of rotatable bonds is 3. The van der Waals surface area contributed by atoms with E-state index >= 15 is 0 Å². The van der Waals surface area contributed by atoms with Gasteiger partial charge in [-0.2, -0.15) is 9.79 Å². The largest absolute Gasteiger partial charge is 0.235 e. The lowest BCUT2D eigenvalue weighted by atomic mass is 10.6. The van der Waals surface area contributed by atoms with E-state index in [9.17, 15) is 4.79 Å². The van der Waals surface area contributed by atoms with Crippen LogP contribution in [0.3, 0.4) is 0 Å². The predicted octanol–water partition coefficient (Wildman–Crippen LogP) is -0.471. The second-order valence-electron chi connectivity index (χ2n) is 1.80. The van der Waals surface area contributed by atoms with Gasteiger partial charge < -0.3 is 0 Å². The average molecular weight is 153 g/mol. The van der Waals surface area contributed by atoms with Crippen LogP contribution in [0, 0.1) is 0 Å². The summed E-state index contributed by atoms with van der Waals surface area (Å²) in [6.45, 7) is 2.72. The molecule has 1 aromatic rings. The Kier molecular flexibility index (Phi) is 2.46. The van der Waals surface area contributed by atoms with Crippen molar-refractivity contribution in [3.05, 3.63) is 5.82 Å². The van der Waals surface area contributed by atoms with Gasteiger partial charge >= 0.3 is 0 Å². The van der Waals surface area contributed by atoms with Crippen LogP contribution in [0.4, 0.5) is 0 Å². The van der Waals surface area contributed by atoms with E-state index in [0.717, 1.165) is 0 Å². The minimum atomic E-state index is 0.156. The molecule has 11 heavy (non-hydrogen) atoms. The molecule has 0 aliphatic heterocycles. The van der Waals surface area contributed by atoms with E-state index in [1.165, 1.54) is 10.9 Å². The van der Waals surface area contributed by atoms with Crippen molar-refractivity contribution in [2.45, 2.75) is 20.0 Å². The maximum absolute atomic E-state index is 9.68. The number of aryl methyl sites for hydroxylation is 1. The molecule has 0 fully saturated rings. The van der Waals surface area contributed by atoms with E-state index in [1.54, 1.807) is 0 Å². The summed E-state index contributed by atoms with van der Waals surface area (Å²) < 4.78 is 0. The predicted molar refractivity (Wildman–Crippen MR) is 35.3 cm³/mol. The van der Waals surface area contributed by atoms with Crippen LogP contribution in [0.15, 0.2) is 4.99 Å². The molecule has 6 heteroatoms. The highest BCUT2D eigenvalue weighted by molar-refractivity contribution is 5.32. The summed E-state index contributed by atoms with van der Waals surface area (Å²) in [5, 5.41) is 11.2. The van der Waals surface area contributed by atoms with Crippen LogP contribution in [0.25, 0.3) is 0 Å². The number of aromatic nitrogens is 4. The monoisotopic (exact) mass is 153 g/mol. The maximum Gasteiger partial charge on any atom is 0.235 e. The average Bonchev–Trinajstić information content (AvgIpc) is 2.48. The maximum atomic E-state index is 9.68. The van der Waals surface area contributed by atoms with Crippen molar-refractivity contribution in [1.29, 1.82) is 0 Å². The summed E-state index contributed by atoms with van der Waals surface area (Å²) in [6.07, 6.45) is 1.40. The number of hydrogen-bond donors (Lipinski definition) is 0. The molecule has 0 aromatic carbocycles. The Morgan fingerprint density at radius 3 is 3.09 bits per heavy atom. The number of isocyanates is 1. The molecule has 58 valence electrons. The summed E-state index contributed by atoms with van der Waals surface area (Å²) in [6, 6.07) is 0. The lowest BCUT2D eigenvalue weighted by molar-refractivity contribution is 0.549. The zero-order chi connectivity index (χ0) is 8.10. The minimum Gasteiger partial charge on any atom is -0.211 e. The zero-order valence-electron chi connectivity index (χ0n) is 6.06. The molecule has 0 radical (unpaired) electrons. The molecule has 0 atom stereocenters. The van der Waals surface area contributed by atoms with Crippen LogP contribution < -0.4 is 0 Å². The summed E-state index contributed by atoms with van der Waals surface area (Å²) in [4.78, 5) is 14.4. The fourth-order valence-corrected chi connectivity index (χ4v) is 0.577. The Balaban J connectivity index is 2.64. The first-order chi connectivity index (χ1) is 5.36. The second-order valence-corrected chi connectivity index (χ2v) is 1.80. The Bertz CT molecular complexity index is 274. The number of tetrazole rings is 1. The molecule has 0 saturated heterocycles. The van der Waals surface area contributed by atoms with Crippen molar-refractivity contribution < 1.29 is 4.79 Å². The molecule has 0 unspecified atom stereocenters. The molecule has 0 amide bonds. The Morgan fingerprint density at radius 1 is 1.73 bits per heavy atom. The Labute approximate surface area is 62.9 Å². The first kappa shape index (κ1) is 7.56. The number of nitrogens with zero attached hydrogens (tertiary/aromatic N) is 5. The molecule has 0 aliphatic carbocycles. The van der Waals surface area contributed by atoms with Gasteiger partial charge in [-0.05, 0) is 12.1 Å². The van der Waals surface area contributed by atoms with Crippen LogP contribution in [0.1, 0.15) is 12.7 Å². The summed E-state index contributed by atoms with van der Waals surface area (Å²) in [5.74, 6) is 0.440. The standard InChI is InChI=1S/C5H7N5O/c1-2-10-8-5(7-9-10)3-6-4-11/h2-3H2,1H3. The topological polar surface area (TPSA) is 73.0 Å². The highest BCUT2D eigenvalue weighted by atomic mass is 16.1. The first-order valence-electron chi connectivity index (χ1n) is 3.17. The van der Waals surface area contributed by atoms with E-state index < -0.39 is 0 Å². The number of carbonyl (C=O) groups excluding carboxylic acids is 1. The molecule has 0 aliphatic rings. The van der Waals surface area contributed by atoms with Gasteiger partial charge in [0.05, 0.1) is 6.54 Å². The van der Waals surface area contributed by atoms with Crippen LogP contribution in [-0.2, 0) is 17.9 Å². The molecular formula is C5H7N5O. The molecular weight excluding hydrogens is 146 g/mol. The van der Waals surface area contributed by atoms with Crippen LogP contribution in [-0.4, -0.2) is 26.3 Å². The summed E-state index contributed by atoms with van der Waals surface area (Å²) in [5.41, 5.74) is 0. The fraction of sp³-hybridized carbons (Fsp3) is 0.600. The van der Waals surface area contributed by atoms with E-state index in [1.807, 2.05) is 6.92 Å². The molecule has 0 saturated carbocycles. The van der Waals surface area contributed by atoms with Crippen molar-refractivity contribution in [2.24, 2.45) is 4.99 Å². The smallest absolute Gasteiger partial charge is 0.211 e. The lowest BCUT2D eigenvalue weighted by Crippen LogP contribution is -1.98. The van der Waals surface area contributed by atoms with E-state index in [-0.39, 0.29) is 6.54 Å². The van der Waals surface area contributed by atoms with Crippen molar-refractivity contribution in [3.8, 4) is 0 Å². The highest BCUT2D eigenvalue weighted by Gasteiger charge is 1.97. The molecule has 1 aromatic heterocycles. The van der Waals surface area contributed by atoms with Gasteiger partial charge in [-0.1, -0.05) is 0 Å².